The lowest BCUT2D eigenvalue weighted by atomic mass is 9.94. The lowest BCUT2D eigenvalue weighted by Crippen LogP contribution is -1.99. The van der Waals surface area contributed by atoms with Crippen LogP contribution in [0.3, 0.4) is 0 Å². The summed E-state index contributed by atoms with van der Waals surface area (Å²) in [5.41, 5.74) is 1.31. The highest BCUT2D eigenvalue weighted by Gasteiger charge is 1.93. The lowest BCUT2D eigenvalue weighted by Gasteiger charge is -1.99. The maximum absolute atomic E-state index is 3.46. The van der Waals surface area contributed by atoms with Gasteiger partial charge in [0.25, 0.3) is 0 Å². The summed E-state index contributed by atoms with van der Waals surface area (Å²) in [5, 5.41) is 2.59. The van der Waals surface area contributed by atoms with Crippen molar-refractivity contribution >= 4 is 40.0 Å². The largest absolute Gasteiger partial charge is 0.139 e. The Kier molecular flexibility index (Phi) is 1.93. The van der Waals surface area contributed by atoms with Crippen LogP contribution >= 0.6 is 15.9 Å². The third kappa shape index (κ3) is 1.39. The average molecular weight is 219 g/mol. The molecule has 58 valence electrons. The lowest BCUT2D eigenvalue weighted by molar-refractivity contribution is 1.72. The second-order valence-corrected chi connectivity index (χ2v) is 3.91. The molecule has 0 aliphatic carbocycles. The number of hydrogen-bond donors (Lipinski definition) is 0. The Hall–Kier alpha value is -0.755. The SMILES string of the molecule is Bc1ccc2ccc(Br)cc2c1. The van der Waals surface area contributed by atoms with Crippen LogP contribution in [0.5, 0.6) is 0 Å². The second-order valence-electron chi connectivity index (χ2n) is 2.99. The van der Waals surface area contributed by atoms with E-state index in [0.29, 0.717) is 0 Å². The van der Waals surface area contributed by atoms with Crippen LogP contribution < -0.4 is 5.46 Å². The van der Waals surface area contributed by atoms with Gasteiger partial charge in [0.1, 0.15) is 7.85 Å². The van der Waals surface area contributed by atoms with Gasteiger partial charge in [0.05, 0.1) is 0 Å². The summed E-state index contributed by atoms with van der Waals surface area (Å²) < 4.78 is 1.14. The first-order valence-electron chi connectivity index (χ1n) is 3.92. The smallest absolute Gasteiger partial charge is 0.0883 e. The molecule has 0 radical (unpaired) electrons. The highest BCUT2D eigenvalue weighted by atomic mass is 79.9. The minimum Gasteiger partial charge on any atom is -0.0883 e. The van der Waals surface area contributed by atoms with Gasteiger partial charge < -0.3 is 0 Å². The highest BCUT2D eigenvalue weighted by Crippen LogP contribution is 2.18. The molecule has 0 bridgehead atoms. The Morgan fingerprint density at radius 1 is 0.917 bits per heavy atom. The summed E-state index contributed by atoms with van der Waals surface area (Å²) in [6, 6.07) is 12.8. The molecule has 0 aliphatic rings. The van der Waals surface area contributed by atoms with Crippen molar-refractivity contribution in [1.82, 2.24) is 0 Å². The van der Waals surface area contributed by atoms with Crippen molar-refractivity contribution in [1.29, 1.82) is 0 Å². The molecule has 0 saturated carbocycles. The molecule has 0 saturated heterocycles. The fourth-order valence-corrected chi connectivity index (χ4v) is 1.72. The van der Waals surface area contributed by atoms with Gasteiger partial charge in [-0.15, -0.1) is 0 Å². The fraction of sp³-hybridized carbons (Fsp3) is 0. The van der Waals surface area contributed by atoms with Gasteiger partial charge in [-0.05, 0) is 22.9 Å². The first kappa shape index (κ1) is 7.87. The molecule has 0 spiro atoms. The topological polar surface area (TPSA) is 0 Å². The van der Waals surface area contributed by atoms with Crippen LogP contribution in [-0.2, 0) is 0 Å². The predicted molar refractivity (Wildman–Crippen MR) is 59.8 cm³/mol. The summed E-state index contributed by atoms with van der Waals surface area (Å²) in [4.78, 5) is 0. The van der Waals surface area contributed by atoms with Crippen molar-refractivity contribution < 1.29 is 0 Å². The second kappa shape index (κ2) is 2.94. The molecule has 2 aromatic carbocycles. The number of benzene rings is 2. The van der Waals surface area contributed by atoms with E-state index in [1.54, 1.807) is 0 Å². The molecule has 2 aromatic rings. The van der Waals surface area contributed by atoms with Crippen LogP contribution in [0.1, 0.15) is 0 Å². The first-order chi connectivity index (χ1) is 5.75. The quantitative estimate of drug-likeness (QED) is 0.593. The molecule has 0 heterocycles. The minimum atomic E-state index is 1.14. The number of halogens is 1. The summed E-state index contributed by atoms with van der Waals surface area (Å²) >= 11 is 3.46. The van der Waals surface area contributed by atoms with Crippen molar-refractivity contribution in [3.63, 3.8) is 0 Å². The molecule has 12 heavy (non-hydrogen) atoms. The van der Waals surface area contributed by atoms with Gasteiger partial charge in [-0.1, -0.05) is 45.7 Å². The summed E-state index contributed by atoms with van der Waals surface area (Å²) in [6.45, 7) is 0. The molecule has 0 atom stereocenters. The normalized spacial score (nSPS) is 10.4. The Balaban J connectivity index is 2.80. The Bertz CT molecular complexity index is 386. The van der Waals surface area contributed by atoms with Gasteiger partial charge in [0.2, 0.25) is 0 Å². The van der Waals surface area contributed by atoms with E-state index in [9.17, 15) is 0 Å². The van der Waals surface area contributed by atoms with E-state index >= 15 is 0 Å². The summed E-state index contributed by atoms with van der Waals surface area (Å²) in [5.74, 6) is 0. The van der Waals surface area contributed by atoms with Gasteiger partial charge in [-0.25, -0.2) is 0 Å². The van der Waals surface area contributed by atoms with E-state index in [-0.39, 0.29) is 0 Å². The zero-order chi connectivity index (χ0) is 8.55. The monoisotopic (exact) mass is 218 g/mol. The van der Waals surface area contributed by atoms with Crippen molar-refractivity contribution in [3.05, 3.63) is 40.9 Å². The minimum absolute atomic E-state index is 1.14. The number of hydrogen-bond acceptors (Lipinski definition) is 0. The van der Waals surface area contributed by atoms with Crippen LogP contribution in [-0.4, -0.2) is 7.85 Å². The van der Waals surface area contributed by atoms with Crippen LogP contribution in [0, 0.1) is 0 Å². The van der Waals surface area contributed by atoms with Gasteiger partial charge in [0, 0.05) is 4.47 Å². The van der Waals surface area contributed by atoms with Crippen LogP contribution in [0.4, 0.5) is 0 Å². The summed E-state index contributed by atoms with van der Waals surface area (Å²) in [6.07, 6.45) is 0. The zero-order valence-electron chi connectivity index (χ0n) is 6.84. The maximum Gasteiger partial charge on any atom is 0.139 e. The molecule has 0 amide bonds. The van der Waals surface area contributed by atoms with Crippen molar-refractivity contribution in [2.75, 3.05) is 0 Å². The molecule has 0 unspecified atom stereocenters. The summed E-state index contributed by atoms with van der Waals surface area (Å²) in [7, 11) is 2.11. The van der Waals surface area contributed by atoms with Crippen LogP contribution in [0.25, 0.3) is 10.8 Å². The van der Waals surface area contributed by atoms with E-state index in [1.165, 1.54) is 16.2 Å². The maximum atomic E-state index is 3.46. The van der Waals surface area contributed by atoms with Gasteiger partial charge >= 0.3 is 0 Å². The molecule has 2 rings (SSSR count). The Morgan fingerprint density at radius 3 is 2.50 bits per heavy atom. The Morgan fingerprint density at radius 2 is 1.67 bits per heavy atom. The molecule has 0 aliphatic heterocycles. The molecule has 0 aromatic heterocycles. The molecule has 2 heteroatoms. The number of rotatable bonds is 0. The van der Waals surface area contributed by atoms with E-state index in [0.717, 1.165) is 4.47 Å². The number of fused-ring (bicyclic) bond motifs is 1. The Labute approximate surface area is 81.1 Å². The predicted octanol–water partition coefficient (Wildman–Crippen LogP) is 1.86. The van der Waals surface area contributed by atoms with Crippen LogP contribution in [0.15, 0.2) is 40.9 Å². The standard InChI is InChI=1S/C10H8BBr/c11-9-3-1-7-2-4-10(12)6-8(7)5-9/h1-6H,11H2. The first-order valence-corrected chi connectivity index (χ1v) is 4.71. The molecular formula is C10H8BBr. The third-order valence-electron chi connectivity index (χ3n) is 1.96. The van der Waals surface area contributed by atoms with E-state index in [1.807, 2.05) is 0 Å². The van der Waals surface area contributed by atoms with Crippen LogP contribution in [0.2, 0.25) is 0 Å². The van der Waals surface area contributed by atoms with Gasteiger partial charge in [0.15, 0.2) is 0 Å². The van der Waals surface area contributed by atoms with Gasteiger partial charge in [-0.2, -0.15) is 0 Å². The van der Waals surface area contributed by atoms with Crippen molar-refractivity contribution in [3.8, 4) is 0 Å². The van der Waals surface area contributed by atoms with E-state index in [2.05, 4.69) is 60.2 Å². The van der Waals surface area contributed by atoms with E-state index in [4.69, 9.17) is 0 Å². The highest BCUT2D eigenvalue weighted by molar-refractivity contribution is 9.10. The van der Waals surface area contributed by atoms with Crippen molar-refractivity contribution in [2.45, 2.75) is 0 Å². The van der Waals surface area contributed by atoms with Crippen molar-refractivity contribution in [2.24, 2.45) is 0 Å². The third-order valence-corrected chi connectivity index (χ3v) is 2.45. The zero-order valence-corrected chi connectivity index (χ0v) is 8.43. The molecule has 0 N–H and O–H groups in total. The van der Waals surface area contributed by atoms with Gasteiger partial charge in [-0.3, -0.25) is 0 Å². The molecule has 0 fully saturated rings. The molecular weight excluding hydrogens is 211 g/mol. The average Bonchev–Trinajstić information content (AvgIpc) is 2.03. The van der Waals surface area contributed by atoms with E-state index < -0.39 is 0 Å². The fourth-order valence-electron chi connectivity index (χ4n) is 1.34. The molecule has 0 nitrogen and oxygen atoms in total.